The lowest BCUT2D eigenvalue weighted by Crippen LogP contribution is -2.37. The Morgan fingerprint density at radius 2 is 1.11 bits per heavy atom. The highest BCUT2D eigenvalue weighted by molar-refractivity contribution is 5.75. The molecule has 64 heavy (non-hydrogen) atoms. The predicted octanol–water partition coefficient (Wildman–Crippen LogP) is 7.35. The van der Waals surface area contributed by atoms with Crippen LogP contribution in [0.2, 0.25) is 0 Å². The fourth-order valence-electron chi connectivity index (χ4n) is 8.85. The van der Waals surface area contributed by atoms with Crippen molar-refractivity contribution in [1.29, 1.82) is 0 Å². The minimum Gasteiger partial charge on any atom is -0.494 e. The number of anilines is 2. The smallest absolute Gasteiger partial charge is 0.310 e. The van der Waals surface area contributed by atoms with E-state index in [0.29, 0.717) is 69.1 Å². The molecule has 2 saturated heterocycles. The van der Waals surface area contributed by atoms with E-state index in [-0.39, 0.29) is 19.3 Å². The summed E-state index contributed by atoms with van der Waals surface area (Å²) in [5.41, 5.74) is 1.28. The lowest BCUT2D eigenvalue weighted by molar-refractivity contribution is -0.149. The van der Waals surface area contributed by atoms with E-state index in [1.54, 1.807) is 23.5 Å². The molecular weight excluding hydrogens is 813 g/mol. The zero-order chi connectivity index (χ0) is 45.0. The fourth-order valence-corrected chi connectivity index (χ4v) is 8.85. The molecule has 4 N–H and O–H groups in total. The van der Waals surface area contributed by atoms with Crippen LogP contribution in [0.4, 0.5) is 11.9 Å². The number of carboxylic acids is 2. The van der Waals surface area contributed by atoms with Gasteiger partial charge in [-0.05, 0) is 113 Å². The fraction of sp³-hybridized carbons (Fsp3) is 0.625. The molecular formula is C48H72N10O6. The number of carbonyl (C=O) groups is 2. The minimum absolute atomic E-state index is 0.103. The number of aliphatic carboxylic acids is 2. The highest BCUT2D eigenvalue weighted by Gasteiger charge is 2.41. The van der Waals surface area contributed by atoms with Gasteiger partial charge in [-0.15, -0.1) is 0 Å². The van der Waals surface area contributed by atoms with Crippen molar-refractivity contribution in [2.45, 2.75) is 122 Å². The number of piperidine rings is 2. The summed E-state index contributed by atoms with van der Waals surface area (Å²) in [6, 6.07) is 16.7. The number of rotatable bonds is 29. The first-order valence-corrected chi connectivity index (χ1v) is 23.7. The number of carboxylic acid groups (broad SMARTS) is 2. The van der Waals surface area contributed by atoms with Crippen LogP contribution in [0.3, 0.4) is 0 Å². The van der Waals surface area contributed by atoms with Gasteiger partial charge in [-0.25, -0.2) is 9.36 Å². The molecule has 2 aliphatic heterocycles. The van der Waals surface area contributed by atoms with E-state index in [0.717, 1.165) is 82.9 Å². The molecule has 4 heterocycles. The maximum atomic E-state index is 13.4. The highest BCUT2D eigenvalue weighted by Crippen LogP contribution is 2.34. The minimum atomic E-state index is -1.26. The van der Waals surface area contributed by atoms with Gasteiger partial charge in [-0.1, -0.05) is 62.8 Å². The molecule has 2 aromatic heterocycles. The monoisotopic (exact) mass is 885 g/mol. The number of hydrogen-bond acceptors (Lipinski definition) is 12. The van der Waals surface area contributed by atoms with Crippen LogP contribution in [-0.2, 0) is 49.6 Å². The molecule has 0 radical (unpaired) electrons. The van der Waals surface area contributed by atoms with Gasteiger partial charge < -0.3 is 30.3 Å². The molecule has 4 aromatic rings. The van der Waals surface area contributed by atoms with Crippen molar-refractivity contribution in [2.75, 3.05) is 63.1 Å². The van der Waals surface area contributed by atoms with E-state index in [2.05, 4.69) is 67.0 Å². The van der Waals surface area contributed by atoms with Crippen molar-refractivity contribution in [3.05, 3.63) is 71.3 Å². The van der Waals surface area contributed by atoms with E-state index < -0.39 is 17.4 Å². The molecule has 0 spiro atoms. The van der Waals surface area contributed by atoms with Crippen LogP contribution in [0.1, 0.15) is 119 Å². The zero-order valence-electron chi connectivity index (χ0n) is 38.3. The van der Waals surface area contributed by atoms with Crippen LogP contribution >= 0.6 is 0 Å². The third-order valence-corrected chi connectivity index (χ3v) is 12.4. The number of nitrogens with zero attached hydrogens (tertiary/aromatic N) is 8. The summed E-state index contributed by atoms with van der Waals surface area (Å²) in [6.45, 7) is 8.82. The number of aryl methyl sites for hydroxylation is 2. The molecule has 16 nitrogen and oxygen atoms in total. The highest BCUT2D eigenvalue weighted by atomic mass is 16.5. The maximum absolute atomic E-state index is 13.4. The van der Waals surface area contributed by atoms with Gasteiger partial charge in [0.1, 0.15) is 11.5 Å². The van der Waals surface area contributed by atoms with Gasteiger partial charge in [0.2, 0.25) is 11.9 Å². The van der Waals surface area contributed by atoms with Gasteiger partial charge in [0.25, 0.3) is 0 Å². The van der Waals surface area contributed by atoms with Gasteiger partial charge in [0, 0.05) is 59.5 Å². The van der Waals surface area contributed by atoms with Crippen LogP contribution in [0.25, 0.3) is 0 Å². The molecule has 0 amide bonds. The molecule has 2 fully saturated rings. The van der Waals surface area contributed by atoms with Crippen LogP contribution < -0.4 is 20.1 Å². The quantitative estimate of drug-likeness (QED) is 0.0397. The van der Waals surface area contributed by atoms with Crippen molar-refractivity contribution >= 4 is 23.8 Å². The Kier molecular flexibility index (Phi) is 19.1. The number of aromatic nitrogens is 6. The zero-order valence-corrected chi connectivity index (χ0v) is 38.3. The lowest BCUT2D eigenvalue weighted by atomic mass is 9.76. The normalized spacial score (nSPS) is 15.0. The van der Waals surface area contributed by atoms with Gasteiger partial charge in [-0.2, -0.15) is 20.2 Å². The second kappa shape index (κ2) is 25.3. The summed E-state index contributed by atoms with van der Waals surface area (Å²) >= 11 is 0. The number of hydrogen-bond donors (Lipinski definition) is 4. The van der Waals surface area contributed by atoms with Gasteiger partial charge in [0.15, 0.2) is 11.6 Å². The third-order valence-electron chi connectivity index (χ3n) is 12.4. The van der Waals surface area contributed by atoms with Gasteiger partial charge >= 0.3 is 11.9 Å². The summed E-state index contributed by atoms with van der Waals surface area (Å²) in [7, 11) is 3.61. The third kappa shape index (κ3) is 15.8. The molecule has 0 atom stereocenters. The van der Waals surface area contributed by atoms with Gasteiger partial charge in [0.05, 0.1) is 18.6 Å². The number of unbranched alkanes of at least 4 members (excludes halogenated alkanes) is 4. The standard InChI is InChI=1S/C48H72N10O6/c1-55-46(49-24-16-30-63-40-20-14-18-38(32-40)36-57-26-10-6-11-27-57)51-42(53-55)34-48(45(61)62,23-9-5-3-4-8-22-44(59)60)35-43-52-47(56(2)54-43)50-25-17-31-64-41-21-15-19-39(33-41)37-58-28-12-7-13-29-58/h14-15,18-21,32-33H,3-13,16-17,22-31,34-37H2,1-2H3,(H,59,60)(H,61,62)(H,49,51,53)(H,50,52,54). The number of ether oxygens (including phenoxy) is 2. The predicted molar refractivity (Wildman–Crippen MR) is 248 cm³/mol. The summed E-state index contributed by atoms with van der Waals surface area (Å²) in [5, 5.41) is 36.0. The Morgan fingerprint density at radius 3 is 1.58 bits per heavy atom. The lowest BCUT2D eigenvalue weighted by Gasteiger charge is -2.27. The van der Waals surface area contributed by atoms with Crippen LogP contribution in [0.15, 0.2) is 48.5 Å². The van der Waals surface area contributed by atoms with Crippen LogP contribution in [0.5, 0.6) is 11.5 Å². The molecule has 0 aliphatic carbocycles. The molecule has 0 bridgehead atoms. The second-order valence-electron chi connectivity index (χ2n) is 17.8. The van der Waals surface area contributed by atoms with Gasteiger partial charge in [-0.3, -0.25) is 19.4 Å². The Labute approximate surface area is 379 Å². The topological polar surface area (TPSA) is 185 Å². The number of nitrogens with one attached hydrogen (secondary N) is 2. The molecule has 16 heteroatoms. The van der Waals surface area contributed by atoms with Crippen LogP contribution in [0, 0.1) is 5.41 Å². The Balaban J connectivity index is 1.01. The second-order valence-corrected chi connectivity index (χ2v) is 17.8. The van der Waals surface area contributed by atoms with Crippen LogP contribution in [-0.4, -0.2) is 114 Å². The van der Waals surface area contributed by atoms with E-state index in [9.17, 15) is 14.7 Å². The van der Waals surface area contributed by atoms with Crippen molar-refractivity contribution < 1.29 is 29.3 Å². The van der Waals surface area contributed by atoms with Crippen molar-refractivity contribution in [1.82, 2.24) is 39.3 Å². The SMILES string of the molecule is Cn1nc(CC(CCCCCCCC(=O)O)(Cc2nc(NCCCOc3cccc(CN4CCCCC4)c3)n(C)n2)C(=O)O)nc1NCCCOc1cccc(CN2CCCCC2)c1. The summed E-state index contributed by atoms with van der Waals surface area (Å²) in [4.78, 5) is 38.9. The molecule has 0 saturated carbocycles. The molecule has 6 rings (SSSR count). The largest absolute Gasteiger partial charge is 0.494 e. The molecule has 350 valence electrons. The number of benzene rings is 2. The maximum Gasteiger partial charge on any atom is 0.310 e. The summed E-state index contributed by atoms with van der Waals surface area (Å²) < 4.78 is 15.5. The van der Waals surface area contributed by atoms with Crippen molar-refractivity contribution in [2.24, 2.45) is 19.5 Å². The first-order chi connectivity index (χ1) is 31.1. The van der Waals surface area contributed by atoms with E-state index >= 15 is 0 Å². The van der Waals surface area contributed by atoms with Crippen molar-refractivity contribution in [3.63, 3.8) is 0 Å². The summed E-state index contributed by atoms with van der Waals surface area (Å²) in [5.74, 6) is 1.99. The average Bonchev–Trinajstić information content (AvgIpc) is 3.82. The number of likely N-dealkylation sites (tertiary alicyclic amines) is 2. The van der Waals surface area contributed by atoms with E-state index in [1.807, 2.05) is 12.1 Å². The Hall–Kier alpha value is -5.22. The Bertz CT molecular complexity index is 1910. The summed E-state index contributed by atoms with van der Waals surface area (Å²) in [6.07, 6.45) is 13.6. The van der Waals surface area contributed by atoms with Crippen molar-refractivity contribution in [3.8, 4) is 11.5 Å². The molecule has 0 unspecified atom stereocenters. The first kappa shape index (κ1) is 48.2. The molecule has 2 aliphatic rings. The van der Waals surface area contributed by atoms with E-state index in [1.165, 1.54) is 49.7 Å². The average molecular weight is 885 g/mol. The Morgan fingerprint density at radius 1 is 0.641 bits per heavy atom. The first-order valence-electron chi connectivity index (χ1n) is 23.7. The van der Waals surface area contributed by atoms with E-state index in [4.69, 9.17) is 24.5 Å². The molecule has 2 aromatic carbocycles.